The van der Waals surface area contributed by atoms with Gasteiger partial charge in [-0.1, -0.05) is 26.0 Å². The summed E-state index contributed by atoms with van der Waals surface area (Å²) in [6.45, 7) is 3.47. The second kappa shape index (κ2) is 5.34. The molecule has 2 aromatic carbocycles. The molecule has 0 aliphatic carbocycles. The molecule has 2 aromatic rings. The van der Waals surface area contributed by atoms with E-state index in [1.165, 1.54) is 6.07 Å². The summed E-state index contributed by atoms with van der Waals surface area (Å²) in [5.74, 6) is -0.792. The van der Waals surface area contributed by atoms with Gasteiger partial charge >= 0.3 is 0 Å². The third-order valence-corrected chi connectivity index (χ3v) is 3.84. The highest BCUT2D eigenvalue weighted by molar-refractivity contribution is 7.85. The van der Waals surface area contributed by atoms with Crippen LogP contribution < -0.4 is 5.32 Å². The average molecular weight is 309 g/mol. The first-order valence-corrected chi connectivity index (χ1v) is 7.68. The summed E-state index contributed by atoms with van der Waals surface area (Å²) in [7, 11) is -4.41. The second-order valence-corrected chi connectivity index (χ2v) is 6.39. The number of phenolic OH excluding ortho intramolecular Hbond substituents is 1. The van der Waals surface area contributed by atoms with E-state index in [0.29, 0.717) is 16.5 Å². The minimum absolute atomic E-state index is 0.222. The lowest BCUT2D eigenvalue weighted by molar-refractivity contribution is -0.118. The van der Waals surface area contributed by atoms with Crippen LogP contribution in [-0.4, -0.2) is 24.0 Å². The van der Waals surface area contributed by atoms with Crippen molar-refractivity contribution in [2.75, 3.05) is 5.32 Å². The van der Waals surface area contributed by atoms with Crippen molar-refractivity contribution in [3.05, 3.63) is 30.3 Å². The van der Waals surface area contributed by atoms with Crippen molar-refractivity contribution < 1.29 is 22.9 Å². The van der Waals surface area contributed by atoms with Crippen molar-refractivity contribution >= 4 is 32.5 Å². The molecule has 0 saturated heterocycles. The normalized spacial score (nSPS) is 11.8. The fourth-order valence-corrected chi connectivity index (χ4v) is 2.44. The predicted molar refractivity (Wildman–Crippen MR) is 78.9 cm³/mol. The first-order chi connectivity index (χ1) is 9.70. The maximum atomic E-state index is 11.8. The fourth-order valence-electron chi connectivity index (χ4n) is 1.91. The van der Waals surface area contributed by atoms with Crippen LogP contribution in [0.2, 0.25) is 0 Å². The van der Waals surface area contributed by atoms with E-state index in [4.69, 9.17) is 4.55 Å². The van der Waals surface area contributed by atoms with E-state index < -0.39 is 15.0 Å². The van der Waals surface area contributed by atoms with Crippen LogP contribution in [0.1, 0.15) is 13.8 Å². The molecule has 3 N–H and O–H groups in total. The molecule has 112 valence electrons. The minimum Gasteiger partial charge on any atom is -0.507 e. The van der Waals surface area contributed by atoms with E-state index in [1.54, 1.807) is 32.0 Å². The molecule has 2 rings (SSSR count). The number of amides is 1. The van der Waals surface area contributed by atoms with Gasteiger partial charge in [-0.2, -0.15) is 8.42 Å². The molecule has 0 aliphatic heterocycles. The first-order valence-electron chi connectivity index (χ1n) is 6.24. The predicted octanol–water partition coefficient (Wildman–Crippen LogP) is 2.39. The van der Waals surface area contributed by atoms with Gasteiger partial charge in [-0.25, -0.2) is 0 Å². The van der Waals surface area contributed by atoms with Gasteiger partial charge in [0.25, 0.3) is 10.1 Å². The number of hydrogen-bond acceptors (Lipinski definition) is 4. The molecule has 0 bridgehead atoms. The molecule has 0 aromatic heterocycles. The number of rotatable bonds is 3. The van der Waals surface area contributed by atoms with Gasteiger partial charge in [0, 0.05) is 17.4 Å². The Morgan fingerprint density at radius 1 is 1.24 bits per heavy atom. The van der Waals surface area contributed by atoms with Crippen LogP contribution in [0.4, 0.5) is 5.69 Å². The monoisotopic (exact) mass is 309 g/mol. The first kappa shape index (κ1) is 15.3. The van der Waals surface area contributed by atoms with Gasteiger partial charge in [0.15, 0.2) is 0 Å². The van der Waals surface area contributed by atoms with Crippen LogP contribution in [0, 0.1) is 5.92 Å². The SMILES string of the molecule is CC(C)C(=O)Nc1cccc2cc(S(=O)(=O)O)cc(O)c12. The number of anilines is 1. The zero-order valence-corrected chi connectivity index (χ0v) is 12.3. The Morgan fingerprint density at radius 3 is 2.48 bits per heavy atom. The minimum atomic E-state index is -4.41. The number of fused-ring (bicyclic) bond motifs is 1. The molecule has 1 amide bonds. The van der Waals surface area contributed by atoms with Crippen molar-refractivity contribution in [1.29, 1.82) is 0 Å². The number of nitrogens with one attached hydrogen (secondary N) is 1. The van der Waals surface area contributed by atoms with Crippen molar-refractivity contribution in [3.8, 4) is 5.75 Å². The Hall–Kier alpha value is -2.12. The number of benzene rings is 2. The molecule has 0 radical (unpaired) electrons. The lowest BCUT2D eigenvalue weighted by Gasteiger charge is -2.12. The number of aromatic hydroxyl groups is 1. The molecule has 21 heavy (non-hydrogen) atoms. The molecule has 0 spiro atoms. The van der Waals surface area contributed by atoms with Crippen LogP contribution in [0.15, 0.2) is 35.2 Å². The molecule has 0 heterocycles. The van der Waals surface area contributed by atoms with Gasteiger partial charge in [-0.05, 0) is 17.5 Å². The van der Waals surface area contributed by atoms with Gasteiger partial charge in [0.2, 0.25) is 5.91 Å². The molecule has 0 atom stereocenters. The van der Waals surface area contributed by atoms with Crippen LogP contribution >= 0.6 is 0 Å². The smallest absolute Gasteiger partial charge is 0.294 e. The van der Waals surface area contributed by atoms with E-state index in [9.17, 15) is 18.3 Å². The summed E-state index contributed by atoms with van der Waals surface area (Å²) < 4.78 is 31.4. The number of carbonyl (C=O) groups is 1. The molecular formula is C14H15NO5S. The maximum Gasteiger partial charge on any atom is 0.294 e. The highest BCUT2D eigenvalue weighted by Crippen LogP contribution is 2.34. The van der Waals surface area contributed by atoms with Gasteiger partial charge in [0.05, 0.1) is 10.6 Å². The quantitative estimate of drug-likeness (QED) is 0.755. The van der Waals surface area contributed by atoms with Crippen LogP contribution in [0.3, 0.4) is 0 Å². The van der Waals surface area contributed by atoms with Gasteiger partial charge < -0.3 is 10.4 Å². The Morgan fingerprint density at radius 2 is 1.90 bits per heavy atom. The molecule has 7 heteroatoms. The van der Waals surface area contributed by atoms with Gasteiger partial charge in [0.1, 0.15) is 5.75 Å². The lowest BCUT2D eigenvalue weighted by atomic mass is 10.1. The fraction of sp³-hybridized carbons (Fsp3) is 0.214. The third kappa shape index (κ3) is 3.14. The maximum absolute atomic E-state index is 11.8. The standard InChI is InChI=1S/C14H15NO5S/c1-8(2)14(17)15-11-5-3-4-9-6-10(21(18,19)20)7-12(16)13(9)11/h3-8,16H,1-2H3,(H,15,17)(H,18,19,20). The highest BCUT2D eigenvalue weighted by atomic mass is 32.2. The highest BCUT2D eigenvalue weighted by Gasteiger charge is 2.16. The summed E-state index contributed by atoms with van der Waals surface area (Å²) in [5, 5.41) is 13.4. The number of hydrogen-bond donors (Lipinski definition) is 3. The molecular weight excluding hydrogens is 294 g/mol. The van der Waals surface area contributed by atoms with Crippen molar-refractivity contribution in [1.82, 2.24) is 0 Å². The largest absolute Gasteiger partial charge is 0.507 e. The van der Waals surface area contributed by atoms with E-state index in [0.717, 1.165) is 6.07 Å². The number of phenols is 1. The van der Waals surface area contributed by atoms with Crippen LogP contribution in [0.25, 0.3) is 10.8 Å². The zero-order chi connectivity index (χ0) is 15.8. The zero-order valence-electron chi connectivity index (χ0n) is 11.5. The van der Waals surface area contributed by atoms with Crippen molar-refractivity contribution in [3.63, 3.8) is 0 Å². The molecule has 0 fully saturated rings. The second-order valence-electron chi connectivity index (χ2n) is 4.97. The molecule has 0 saturated carbocycles. The Bertz CT molecular complexity index is 811. The summed E-state index contributed by atoms with van der Waals surface area (Å²) in [6.07, 6.45) is 0. The number of carbonyl (C=O) groups excluding carboxylic acids is 1. The van der Waals surface area contributed by atoms with Crippen molar-refractivity contribution in [2.45, 2.75) is 18.7 Å². The van der Waals surface area contributed by atoms with Crippen molar-refractivity contribution in [2.24, 2.45) is 5.92 Å². The summed E-state index contributed by atoms with van der Waals surface area (Å²) >= 11 is 0. The summed E-state index contributed by atoms with van der Waals surface area (Å²) in [6, 6.07) is 6.98. The Kier molecular flexibility index (Phi) is 3.89. The summed E-state index contributed by atoms with van der Waals surface area (Å²) in [5.41, 5.74) is 0.380. The molecule has 0 unspecified atom stereocenters. The van der Waals surface area contributed by atoms with E-state index in [-0.39, 0.29) is 17.6 Å². The molecule has 0 aliphatic rings. The average Bonchev–Trinajstić information content (AvgIpc) is 2.37. The topological polar surface area (TPSA) is 104 Å². The van der Waals surface area contributed by atoms with Gasteiger partial charge in [-0.3, -0.25) is 9.35 Å². The lowest BCUT2D eigenvalue weighted by Crippen LogP contribution is -2.17. The van der Waals surface area contributed by atoms with E-state index in [1.807, 2.05) is 0 Å². The molecule has 6 nitrogen and oxygen atoms in total. The van der Waals surface area contributed by atoms with Crippen LogP contribution in [0.5, 0.6) is 5.75 Å². The van der Waals surface area contributed by atoms with Gasteiger partial charge in [-0.15, -0.1) is 0 Å². The van der Waals surface area contributed by atoms with Crippen LogP contribution in [-0.2, 0) is 14.9 Å². The van der Waals surface area contributed by atoms with E-state index >= 15 is 0 Å². The third-order valence-electron chi connectivity index (χ3n) is 3.01. The Labute approximate surface area is 122 Å². The summed E-state index contributed by atoms with van der Waals surface area (Å²) in [4.78, 5) is 11.4. The Balaban J connectivity index is 2.63. The van der Waals surface area contributed by atoms with E-state index in [2.05, 4.69) is 5.32 Å².